The minimum absolute atomic E-state index is 0.0275. The van der Waals surface area contributed by atoms with Gasteiger partial charge in [-0.25, -0.2) is 4.98 Å². The third-order valence-electron chi connectivity index (χ3n) is 3.93. The Morgan fingerprint density at radius 1 is 1.11 bits per heavy atom. The maximum atomic E-state index is 12.1. The van der Waals surface area contributed by atoms with E-state index in [2.05, 4.69) is 28.5 Å². The summed E-state index contributed by atoms with van der Waals surface area (Å²) < 4.78 is 0.974. The van der Waals surface area contributed by atoms with Crippen LogP contribution in [0.1, 0.15) is 23.2 Å². The topological polar surface area (TPSA) is 42.0 Å². The van der Waals surface area contributed by atoms with E-state index in [9.17, 15) is 4.79 Å². The molecule has 0 aliphatic heterocycles. The quantitative estimate of drug-likeness (QED) is 0.376. The number of thiazole rings is 1. The van der Waals surface area contributed by atoms with Gasteiger partial charge in [0, 0.05) is 22.7 Å². The van der Waals surface area contributed by atoms with Crippen LogP contribution in [-0.4, -0.2) is 17.4 Å². The lowest BCUT2D eigenvalue weighted by Crippen LogP contribution is -2.26. The second-order valence-corrected chi connectivity index (χ2v) is 8.66. The number of hydrogen-bond acceptors (Lipinski definition) is 4. The lowest BCUT2D eigenvalue weighted by Gasteiger charge is -2.04. The average molecular weight is 417 g/mol. The van der Waals surface area contributed by atoms with Gasteiger partial charge in [0.05, 0.1) is 12.1 Å². The van der Waals surface area contributed by atoms with Crippen LogP contribution in [-0.2, 0) is 23.4 Å². The van der Waals surface area contributed by atoms with E-state index in [4.69, 9.17) is 11.6 Å². The van der Waals surface area contributed by atoms with Gasteiger partial charge in [-0.1, -0.05) is 65.8 Å². The van der Waals surface area contributed by atoms with Gasteiger partial charge < -0.3 is 5.32 Å². The van der Waals surface area contributed by atoms with Crippen LogP contribution in [0.5, 0.6) is 0 Å². The number of halogens is 1. The van der Waals surface area contributed by atoms with Crippen molar-refractivity contribution in [2.75, 3.05) is 6.54 Å². The Labute approximate surface area is 173 Å². The lowest BCUT2D eigenvalue weighted by atomic mass is 10.1. The second kappa shape index (κ2) is 10.5. The van der Waals surface area contributed by atoms with E-state index in [1.54, 1.807) is 23.1 Å². The van der Waals surface area contributed by atoms with Crippen molar-refractivity contribution in [1.82, 2.24) is 10.3 Å². The van der Waals surface area contributed by atoms with Crippen molar-refractivity contribution in [3.05, 3.63) is 81.8 Å². The predicted octanol–water partition coefficient (Wildman–Crippen LogP) is 5.38. The summed E-state index contributed by atoms with van der Waals surface area (Å²) in [5, 5.41) is 5.69. The monoisotopic (exact) mass is 416 g/mol. The Morgan fingerprint density at radius 2 is 1.93 bits per heavy atom. The van der Waals surface area contributed by atoms with Crippen molar-refractivity contribution in [3.63, 3.8) is 0 Å². The summed E-state index contributed by atoms with van der Waals surface area (Å²) in [6.07, 6.45) is 2.25. The van der Waals surface area contributed by atoms with Crippen LogP contribution in [0.4, 0.5) is 0 Å². The molecule has 2 aromatic carbocycles. The number of benzene rings is 2. The molecule has 0 fully saturated rings. The van der Waals surface area contributed by atoms with Gasteiger partial charge in [-0.2, -0.15) is 0 Å². The maximum absolute atomic E-state index is 12.1. The highest BCUT2D eigenvalue weighted by Crippen LogP contribution is 2.27. The highest BCUT2D eigenvalue weighted by molar-refractivity contribution is 8.00. The van der Waals surface area contributed by atoms with Crippen LogP contribution in [0.25, 0.3) is 0 Å². The molecule has 0 aliphatic rings. The molecule has 3 aromatic rings. The molecule has 0 atom stereocenters. The highest BCUT2D eigenvalue weighted by atomic mass is 35.5. The molecule has 0 spiro atoms. The third kappa shape index (κ3) is 7.01. The van der Waals surface area contributed by atoms with Crippen LogP contribution in [0.3, 0.4) is 0 Å². The summed E-state index contributed by atoms with van der Waals surface area (Å²) in [5.41, 5.74) is 3.29. The fourth-order valence-electron chi connectivity index (χ4n) is 2.60. The number of aryl methyl sites for hydroxylation is 1. The van der Waals surface area contributed by atoms with E-state index < -0.39 is 0 Å². The number of nitrogens with zero attached hydrogens (tertiary/aromatic N) is 1. The second-order valence-electron chi connectivity index (χ2n) is 6.14. The molecule has 3 rings (SSSR count). The highest BCUT2D eigenvalue weighted by Gasteiger charge is 2.08. The molecule has 1 aromatic heterocycles. The van der Waals surface area contributed by atoms with Crippen molar-refractivity contribution in [1.29, 1.82) is 0 Å². The normalized spacial score (nSPS) is 10.7. The Balaban J connectivity index is 1.37. The number of aromatic nitrogens is 1. The van der Waals surface area contributed by atoms with Crippen LogP contribution in [0, 0.1) is 0 Å². The van der Waals surface area contributed by atoms with Crippen molar-refractivity contribution < 1.29 is 4.79 Å². The summed E-state index contributed by atoms with van der Waals surface area (Å²) in [4.78, 5) is 16.6. The Morgan fingerprint density at radius 3 is 2.74 bits per heavy atom. The SMILES string of the molecule is O=C(Cc1csc(SCc2cccc(Cl)c2)n1)NCCCc1ccccc1. The molecule has 0 bridgehead atoms. The molecule has 0 radical (unpaired) electrons. The zero-order valence-electron chi connectivity index (χ0n) is 14.9. The van der Waals surface area contributed by atoms with Crippen LogP contribution < -0.4 is 5.32 Å². The molecule has 1 heterocycles. The van der Waals surface area contributed by atoms with E-state index >= 15 is 0 Å². The summed E-state index contributed by atoms with van der Waals surface area (Å²) in [6.45, 7) is 0.689. The van der Waals surface area contributed by atoms with Gasteiger partial charge in [0.15, 0.2) is 0 Å². The fraction of sp³-hybridized carbons (Fsp3) is 0.238. The van der Waals surface area contributed by atoms with Gasteiger partial charge in [-0.05, 0) is 36.1 Å². The molecule has 0 unspecified atom stereocenters. The molecular weight excluding hydrogens is 396 g/mol. The standard InChI is InChI=1S/C21H21ClN2OS2/c22-18-10-4-8-17(12-18)14-26-21-24-19(15-27-21)13-20(25)23-11-5-9-16-6-2-1-3-7-16/h1-4,6-8,10,12,15H,5,9,11,13-14H2,(H,23,25). The minimum atomic E-state index is 0.0275. The smallest absolute Gasteiger partial charge is 0.226 e. The average Bonchev–Trinajstić information content (AvgIpc) is 3.12. The Hall–Kier alpha value is -1.82. The van der Waals surface area contributed by atoms with E-state index in [1.807, 2.05) is 41.8 Å². The van der Waals surface area contributed by atoms with Gasteiger partial charge in [0.25, 0.3) is 0 Å². The van der Waals surface area contributed by atoms with Crippen LogP contribution in [0.15, 0.2) is 64.3 Å². The lowest BCUT2D eigenvalue weighted by molar-refractivity contribution is -0.120. The first-order valence-corrected chi connectivity index (χ1v) is 11.1. The van der Waals surface area contributed by atoms with Gasteiger partial charge in [-0.15, -0.1) is 11.3 Å². The first-order valence-electron chi connectivity index (χ1n) is 8.81. The number of nitrogens with one attached hydrogen (secondary N) is 1. The van der Waals surface area contributed by atoms with Crippen molar-refractivity contribution in [2.24, 2.45) is 0 Å². The predicted molar refractivity (Wildman–Crippen MR) is 115 cm³/mol. The van der Waals surface area contributed by atoms with E-state index in [0.29, 0.717) is 13.0 Å². The number of thioether (sulfide) groups is 1. The van der Waals surface area contributed by atoms with Gasteiger partial charge in [0.2, 0.25) is 5.91 Å². The van der Waals surface area contributed by atoms with Gasteiger partial charge in [0.1, 0.15) is 4.34 Å². The van der Waals surface area contributed by atoms with Crippen molar-refractivity contribution in [3.8, 4) is 0 Å². The molecule has 1 N–H and O–H groups in total. The molecule has 0 saturated carbocycles. The fourth-order valence-corrected chi connectivity index (χ4v) is 4.60. The first-order chi connectivity index (χ1) is 13.2. The van der Waals surface area contributed by atoms with Crippen LogP contribution in [0.2, 0.25) is 5.02 Å². The zero-order valence-corrected chi connectivity index (χ0v) is 17.2. The molecule has 140 valence electrons. The van der Waals surface area contributed by atoms with Gasteiger partial charge in [-0.3, -0.25) is 4.79 Å². The summed E-state index contributed by atoms with van der Waals surface area (Å²) in [7, 11) is 0. The Bertz CT molecular complexity index is 867. The Kier molecular flexibility index (Phi) is 7.75. The summed E-state index contributed by atoms with van der Waals surface area (Å²) in [6, 6.07) is 18.2. The third-order valence-corrected chi connectivity index (χ3v) is 6.31. The maximum Gasteiger partial charge on any atom is 0.226 e. The van der Waals surface area contributed by atoms with Crippen molar-refractivity contribution >= 4 is 40.6 Å². The first kappa shape index (κ1) is 19.9. The largest absolute Gasteiger partial charge is 0.356 e. The number of hydrogen-bond donors (Lipinski definition) is 1. The van der Waals surface area contributed by atoms with Crippen molar-refractivity contribution in [2.45, 2.75) is 29.4 Å². The summed E-state index contributed by atoms with van der Waals surface area (Å²) in [5.74, 6) is 0.846. The summed E-state index contributed by atoms with van der Waals surface area (Å²) >= 11 is 9.25. The number of rotatable bonds is 9. The molecule has 6 heteroatoms. The molecule has 27 heavy (non-hydrogen) atoms. The molecule has 0 saturated heterocycles. The molecule has 1 amide bonds. The van der Waals surface area contributed by atoms with E-state index in [1.165, 1.54) is 11.1 Å². The van der Waals surface area contributed by atoms with E-state index in [0.717, 1.165) is 33.7 Å². The molecule has 3 nitrogen and oxygen atoms in total. The zero-order chi connectivity index (χ0) is 18.9. The molecule has 0 aliphatic carbocycles. The van der Waals surface area contributed by atoms with E-state index in [-0.39, 0.29) is 5.91 Å². The molecular formula is C21H21ClN2OS2. The number of carbonyl (C=O) groups is 1. The van der Waals surface area contributed by atoms with Gasteiger partial charge >= 0.3 is 0 Å². The minimum Gasteiger partial charge on any atom is -0.356 e. The number of carbonyl (C=O) groups excluding carboxylic acids is 1. The number of amides is 1. The van der Waals surface area contributed by atoms with Crippen LogP contribution >= 0.6 is 34.7 Å².